The fourth-order valence-corrected chi connectivity index (χ4v) is 2.05. The fraction of sp³-hybridized carbons (Fsp3) is 0.167. The van der Waals surface area contributed by atoms with Crippen molar-refractivity contribution in [2.45, 2.75) is 6.18 Å². The third kappa shape index (κ3) is 4.76. The summed E-state index contributed by atoms with van der Waals surface area (Å²) in [6.45, 7) is 0. The normalized spacial score (nSPS) is 11.4. The van der Waals surface area contributed by atoms with E-state index in [-0.39, 0.29) is 0 Å². The standard InChI is InChI=1S/C18H15F3O4/c1-23-15-9-7-12(11-16(15)24-2)8-10-17(22)25-14-6-4-3-5-13(14)18(19,20)21/h3-11H,1-2H3/b10-8+. The molecule has 0 bridgehead atoms. The van der Waals surface area contributed by atoms with Gasteiger partial charge in [-0.1, -0.05) is 18.2 Å². The molecule has 0 saturated carbocycles. The molecule has 0 aromatic heterocycles. The molecule has 0 fully saturated rings. The van der Waals surface area contributed by atoms with Crippen LogP contribution in [0.2, 0.25) is 0 Å². The molecule has 25 heavy (non-hydrogen) atoms. The van der Waals surface area contributed by atoms with Gasteiger partial charge >= 0.3 is 12.1 Å². The highest BCUT2D eigenvalue weighted by Crippen LogP contribution is 2.36. The zero-order valence-corrected chi connectivity index (χ0v) is 13.5. The zero-order valence-electron chi connectivity index (χ0n) is 13.5. The van der Waals surface area contributed by atoms with E-state index < -0.39 is 23.5 Å². The second kappa shape index (κ2) is 7.74. The van der Waals surface area contributed by atoms with Gasteiger partial charge in [-0.15, -0.1) is 0 Å². The van der Waals surface area contributed by atoms with E-state index >= 15 is 0 Å². The van der Waals surface area contributed by atoms with E-state index in [9.17, 15) is 18.0 Å². The molecule has 0 N–H and O–H groups in total. The van der Waals surface area contributed by atoms with Crippen LogP contribution in [0.4, 0.5) is 13.2 Å². The molecular formula is C18H15F3O4. The topological polar surface area (TPSA) is 44.8 Å². The quantitative estimate of drug-likeness (QED) is 0.456. The average Bonchev–Trinajstić information content (AvgIpc) is 2.59. The minimum Gasteiger partial charge on any atom is -0.493 e. The lowest BCUT2D eigenvalue weighted by Crippen LogP contribution is -2.11. The number of ether oxygens (including phenoxy) is 3. The second-order valence-corrected chi connectivity index (χ2v) is 4.86. The van der Waals surface area contributed by atoms with Gasteiger partial charge in [0.2, 0.25) is 0 Å². The van der Waals surface area contributed by atoms with Crippen molar-refractivity contribution in [1.29, 1.82) is 0 Å². The van der Waals surface area contributed by atoms with Crippen LogP contribution in [-0.4, -0.2) is 20.2 Å². The number of hydrogen-bond acceptors (Lipinski definition) is 4. The summed E-state index contributed by atoms with van der Waals surface area (Å²) < 4.78 is 53.6. The van der Waals surface area contributed by atoms with Gasteiger partial charge in [-0.05, 0) is 35.9 Å². The highest BCUT2D eigenvalue weighted by molar-refractivity contribution is 5.89. The predicted molar refractivity (Wildman–Crippen MR) is 85.7 cm³/mol. The van der Waals surface area contributed by atoms with Gasteiger partial charge in [-0.25, -0.2) is 4.79 Å². The second-order valence-electron chi connectivity index (χ2n) is 4.86. The van der Waals surface area contributed by atoms with Crippen molar-refractivity contribution in [2.75, 3.05) is 14.2 Å². The van der Waals surface area contributed by atoms with Crippen molar-refractivity contribution in [1.82, 2.24) is 0 Å². The minimum atomic E-state index is -4.61. The van der Waals surface area contributed by atoms with Crippen molar-refractivity contribution in [3.05, 3.63) is 59.7 Å². The van der Waals surface area contributed by atoms with Crippen LogP contribution in [0.15, 0.2) is 48.5 Å². The molecule has 2 aromatic rings. The summed E-state index contributed by atoms with van der Waals surface area (Å²) in [6.07, 6.45) is -2.17. The molecular weight excluding hydrogens is 337 g/mol. The number of esters is 1. The molecule has 0 heterocycles. The van der Waals surface area contributed by atoms with E-state index in [2.05, 4.69) is 0 Å². The van der Waals surface area contributed by atoms with Gasteiger partial charge in [0, 0.05) is 6.08 Å². The molecule has 0 unspecified atom stereocenters. The first-order valence-corrected chi connectivity index (χ1v) is 7.13. The Kier molecular flexibility index (Phi) is 5.69. The molecule has 0 spiro atoms. The molecule has 0 saturated heterocycles. The molecule has 2 aromatic carbocycles. The van der Waals surface area contributed by atoms with Crippen molar-refractivity contribution < 1.29 is 32.2 Å². The average molecular weight is 352 g/mol. The van der Waals surface area contributed by atoms with E-state index in [1.807, 2.05) is 0 Å². The number of hydrogen-bond donors (Lipinski definition) is 0. The largest absolute Gasteiger partial charge is 0.493 e. The summed E-state index contributed by atoms with van der Waals surface area (Å²) in [4.78, 5) is 11.8. The maximum atomic E-state index is 12.9. The first-order chi connectivity index (χ1) is 11.8. The van der Waals surface area contributed by atoms with E-state index in [0.29, 0.717) is 17.1 Å². The summed E-state index contributed by atoms with van der Waals surface area (Å²) in [7, 11) is 2.95. The Labute approximate surface area is 142 Å². The van der Waals surface area contributed by atoms with Crippen LogP contribution in [0.5, 0.6) is 17.2 Å². The number of para-hydroxylation sites is 1. The number of carbonyl (C=O) groups excluding carboxylic acids is 1. The van der Waals surface area contributed by atoms with E-state index in [4.69, 9.17) is 14.2 Å². The first kappa shape index (κ1) is 18.4. The van der Waals surface area contributed by atoms with Crippen LogP contribution in [0, 0.1) is 0 Å². The van der Waals surface area contributed by atoms with Crippen LogP contribution in [0.3, 0.4) is 0 Å². The van der Waals surface area contributed by atoms with Crippen LogP contribution < -0.4 is 14.2 Å². The van der Waals surface area contributed by atoms with Gasteiger partial charge in [0.05, 0.1) is 19.8 Å². The molecule has 0 aliphatic rings. The lowest BCUT2D eigenvalue weighted by atomic mass is 10.2. The van der Waals surface area contributed by atoms with Gasteiger partial charge in [0.15, 0.2) is 11.5 Å². The Morgan fingerprint density at radius 2 is 1.64 bits per heavy atom. The van der Waals surface area contributed by atoms with E-state index in [0.717, 1.165) is 18.2 Å². The molecule has 132 valence electrons. The molecule has 0 atom stereocenters. The van der Waals surface area contributed by atoms with Crippen molar-refractivity contribution in [2.24, 2.45) is 0 Å². The summed E-state index contributed by atoms with van der Waals surface area (Å²) >= 11 is 0. The smallest absolute Gasteiger partial charge is 0.419 e. The number of carbonyl (C=O) groups is 1. The van der Waals surface area contributed by atoms with Crippen molar-refractivity contribution in [3.63, 3.8) is 0 Å². The summed E-state index contributed by atoms with van der Waals surface area (Å²) in [5, 5.41) is 0. The van der Waals surface area contributed by atoms with Crippen LogP contribution in [0.25, 0.3) is 6.08 Å². The van der Waals surface area contributed by atoms with E-state index in [1.165, 1.54) is 32.4 Å². The van der Waals surface area contributed by atoms with Crippen molar-refractivity contribution >= 4 is 12.0 Å². The third-order valence-corrected chi connectivity index (χ3v) is 3.22. The molecule has 7 heteroatoms. The third-order valence-electron chi connectivity index (χ3n) is 3.22. The van der Waals surface area contributed by atoms with Gasteiger partial charge in [-0.3, -0.25) is 0 Å². The summed E-state index contributed by atoms with van der Waals surface area (Å²) in [5.74, 6) is -0.495. The Balaban J connectivity index is 2.15. The van der Waals surface area contributed by atoms with Crippen LogP contribution >= 0.6 is 0 Å². The lowest BCUT2D eigenvalue weighted by molar-refractivity contribution is -0.140. The summed E-state index contributed by atoms with van der Waals surface area (Å²) in [6, 6.07) is 9.44. The number of benzene rings is 2. The Bertz CT molecular complexity index is 782. The van der Waals surface area contributed by atoms with Gasteiger partial charge in [0.25, 0.3) is 0 Å². The highest BCUT2D eigenvalue weighted by atomic mass is 19.4. The Hall–Kier alpha value is -2.96. The number of rotatable bonds is 5. The zero-order chi connectivity index (χ0) is 18.4. The molecule has 0 aliphatic heterocycles. The van der Waals surface area contributed by atoms with E-state index in [1.54, 1.807) is 18.2 Å². The maximum Gasteiger partial charge on any atom is 0.419 e. The number of halogens is 3. The molecule has 2 rings (SSSR count). The monoisotopic (exact) mass is 352 g/mol. The highest BCUT2D eigenvalue weighted by Gasteiger charge is 2.34. The molecule has 4 nitrogen and oxygen atoms in total. The molecule has 0 amide bonds. The number of methoxy groups -OCH3 is 2. The summed E-state index contributed by atoms with van der Waals surface area (Å²) in [5.41, 5.74) is -0.415. The minimum absolute atomic E-state index is 0.459. The van der Waals surface area contributed by atoms with Crippen LogP contribution in [0.1, 0.15) is 11.1 Å². The molecule has 0 aliphatic carbocycles. The predicted octanol–water partition coefficient (Wildman–Crippen LogP) is 4.34. The van der Waals surface area contributed by atoms with Crippen LogP contribution in [-0.2, 0) is 11.0 Å². The first-order valence-electron chi connectivity index (χ1n) is 7.13. The van der Waals surface area contributed by atoms with Crippen molar-refractivity contribution in [3.8, 4) is 17.2 Å². The van der Waals surface area contributed by atoms with Gasteiger partial charge in [-0.2, -0.15) is 13.2 Å². The SMILES string of the molecule is COc1ccc(/C=C/C(=O)Oc2ccccc2C(F)(F)F)cc1OC. The Morgan fingerprint density at radius 1 is 0.960 bits per heavy atom. The Morgan fingerprint density at radius 3 is 2.28 bits per heavy atom. The molecule has 0 radical (unpaired) electrons. The lowest BCUT2D eigenvalue weighted by Gasteiger charge is -2.11. The number of alkyl halides is 3. The van der Waals surface area contributed by atoms with Gasteiger partial charge < -0.3 is 14.2 Å². The van der Waals surface area contributed by atoms with Gasteiger partial charge in [0.1, 0.15) is 5.75 Å². The maximum absolute atomic E-state index is 12.9. The fourth-order valence-electron chi connectivity index (χ4n) is 2.05.